The molecule has 3 aromatic rings. The zero-order valence-electron chi connectivity index (χ0n) is 22.0. The Morgan fingerprint density at radius 1 is 1.15 bits per heavy atom. The van der Waals surface area contributed by atoms with Gasteiger partial charge in [0, 0.05) is 18.8 Å². The highest BCUT2D eigenvalue weighted by Gasteiger charge is 2.40. The molecule has 1 saturated carbocycles. The first-order valence-electron chi connectivity index (χ1n) is 12.5. The molecule has 1 aliphatic rings. The molecular formula is C26H27F3N4O6S2. The molecule has 0 radical (unpaired) electrons. The van der Waals surface area contributed by atoms with E-state index in [2.05, 4.69) is 15.6 Å². The summed E-state index contributed by atoms with van der Waals surface area (Å²) >= 11 is 0.859. The van der Waals surface area contributed by atoms with Crippen LogP contribution in [0.25, 0.3) is 21.3 Å². The van der Waals surface area contributed by atoms with Crippen LogP contribution in [0.2, 0.25) is 0 Å². The number of ether oxygens (including phenoxy) is 1. The number of hydrogen-bond acceptors (Lipinski definition) is 8. The van der Waals surface area contributed by atoms with Crippen LogP contribution in [-0.2, 0) is 24.2 Å². The average molecular weight is 613 g/mol. The maximum atomic E-state index is 13.1. The van der Waals surface area contributed by atoms with Crippen molar-refractivity contribution in [3.63, 3.8) is 0 Å². The van der Waals surface area contributed by atoms with E-state index in [0.29, 0.717) is 27.0 Å². The number of thiazole rings is 1. The first-order chi connectivity index (χ1) is 19.3. The van der Waals surface area contributed by atoms with Crippen molar-refractivity contribution in [3.05, 3.63) is 47.5 Å². The van der Waals surface area contributed by atoms with Gasteiger partial charge in [-0.05, 0) is 48.2 Å². The number of carbonyl (C=O) groups is 3. The average Bonchev–Trinajstić information content (AvgIpc) is 3.64. The van der Waals surface area contributed by atoms with Gasteiger partial charge >= 0.3 is 12.3 Å². The minimum Gasteiger partial charge on any atom is -0.452 e. The van der Waals surface area contributed by atoms with Gasteiger partial charge in [-0.25, -0.2) is 18.2 Å². The van der Waals surface area contributed by atoms with E-state index >= 15 is 0 Å². The minimum atomic E-state index is -4.75. The number of rotatable bonds is 10. The lowest BCUT2D eigenvalue weighted by Crippen LogP contribution is -2.41. The van der Waals surface area contributed by atoms with Crippen LogP contribution in [0.1, 0.15) is 29.5 Å². The Bertz CT molecular complexity index is 1570. The van der Waals surface area contributed by atoms with Crippen LogP contribution >= 0.6 is 11.3 Å². The third-order valence-electron chi connectivity index (χ3n) is 6.28. The number of hydrogen-bond donors (Lipinski definition) is 2. The number of halogens is 3. The summed E-state index contributed by atoms with van der Waals surface area (Å²) in [4.78, 5) is 42.6. The third-order valence-corrected chi connectivity index (χ3v) is 9.44. The molecule has 1 heterocycles. The van der Waals surface area contributed by atoms with E-state index in [1.807, 2.05) is 0 Å². The quantitative estimate of drug-likeness (QED) is 0.354. The number of alkyl halides is 3. The lowest BCUT2D eigenvalue weighted by molar-refractivity contribution is -0.130. The van der Waals surface area contributed by atoms with Gasteiger partial charge < -0.3 is 15.4 Å². The summed E-state index contributed by atoms with van der Waals surface area (Å²) < 4.78 is 70.0. The van der Waals surface area contributed by atoms with E-state index < -0.39 is 57.9 Å². The smallest absolute Gasteiger partial charge is 0.413 e. The Hall–Kier alpha value is -3.72. The van der Waals surface area contributed by atoms with E-state index in [9.17, 15) is 36.0 Å². The van der Waals surface area contributed by atoms with Crippen LogP contribution in [0.5, 0.6) is 0 Å². The molecule has 1 fully saturated rings. The summed E-state index contributed by atoms with van der Waals surface area (Å²) in [5, 5.41) is 2.64. The first kappa shape index (κ1) is 30.2. The van der Waals surface area contributed by atoms with Crippen LogP contribution in [0.15, 0.2) is 42.5 Å². The standard InChI is InChI=1S/C26H27F3N4O6S2/c1-33(25(36)39-2)18-5-3-4-15(12-18)16-6-9-19-20(13-16)40-24(32-19)22(41(37,38)11-10-26(27,28)29)23(35)30-14-21(34)31-17-7-8-17/h3-6,9,12-13,17,22H,7-8,10-11,14H2,1-2H3,(H,30,35)(H,31,34). The van der Waals surface area contributed by atoms with Crippen molar-refractivity contribution in [3.8, 4) is 11.1 Å². The number of anilines is 1. The van der Waals surface area contributed by atoms with Crippen LogP contribution in [-0.4, -0.2) is 70.0 Å². The fourth-order valence-corrected chi connectivity index (χ4v) is 7.03. The van der Waals surface area contributed by atoms with Crippen LogP contribution in [0.3, 0.4) is 0 Å². The first-order valence-corrected chi connectivity index (χ1v) is 15.0. The molecule has 1 unspecified atom stereocenters. The molecular weight excluding hydrogens is 585 g/mol. The maximum Gasteiger partial charge on any atom is 0.413 e. The monoisotopic (exact) mass is 612 g/mol. The number of methoxy groups -OCH3 is 1. The van der Waals surface area contributed by atoms with Gasteiger partial charge in [-0.2, -0.15) is 13.2 Å². The predicted octanol–water partition coefficient (Wildman–Crippen LogP) is 3.97. The number of aromatic nitrogens is 1. The second-order valence-electron chi connectivity index (χ2n) is 9.49. The molecule has 1 atom stereocenters. The Labute approximate surface area is 237 Å². The molecule has 4 rings (SSSR count). The van der Waals surface area contributed by atoms with Crippen molar-refractivity contribution < 1.29 is 40.7 Å². The van der Waals surface area contributed by atoms with Crippen molar-refractivity contribution in [1.82, 2.24) is 15.6 Å². The highest BCUT2D eigenvalue weighted by molar-refractivity contribution is 7.92. The van der Waals surface area contributed by atoms with Gasteiger partial charge in [0.05, 0.1) is 36.0 Å². The SMILES string of the molecule is COC(=O)N(C)c1cccc(-c2ccc3nc(C(C(=O)NCC(=O)NC4CC4)S(=O)(=O)CCC(F)(F)F)sc3c2)c1. The van der Waals surface area contributed by atoms with E-state index in [0.717, 1.165) is 24.2 Å². The van der Waals surface area contributed by atoms with E-state index in [1.54, 1.807) is 49.5 Å². The van der Waals surface area contributed by atoms with Gasteiger partial charge in [-0.1, -0.05) is 18.2 Å². The number of amides is 3. The summed E-state index contributed by atoms with van der Waals surface area (Å²) in [7, 11) is -1.86. The Balaban J connectivity index is 1.64. The molecule has 220 valence electrons. The van der Waals surface area contributed by atoms with E-state index in [-0.39, 0.29) is 11.0 Å². The zero-order chi connectivity index (χ0) is 29.9. The summed E-state index contributed by atoms with van der Waals surface area (Å²) in [6, 6.07) is 12.0. The molecule has 15 heteroatoms. The summed E-state index contributed by atoms with van der Waals surface area (Å²) in [5.74, 6) is -2.97. The van der Waals surface area contributed by atoms with Gasteiger partial charge in [-0.3, -0.25) is 14.5 Å². The van der Waals surface area contributed by atoms with Crippen molar-refractivity contribution in [2.75, 3.05) is 31.4 Å². The number of carbonyl (C=O) groups excluding carboxylic acids is 3. The Morgan fingerprint density at radius 3 is 2.51 bits per heavy atom. The molecule has 2 aromatic carbocycles. The van der Waals surface area contributed by atoms with Gasteiger partial charge in [0.2, 0.25) is 11.8 Å². The van der Waals surface area contributed by atoms with E-state index in [1.165, 1.54) is 12.0 Å². The molecule has 0 spiro atoms. The van der Waals surface area contributed by atoms with Crippen molar-refractivity contribution in [2.45, 2.75) is 36.7 Å². The van der Waals surface area contributed by atoms with Crippen LogP contribution in [0.4, 0.5) is 23.7 Å². The molecule has 0 bridgehead atoms. The highest BCUT2D eigenvalue weighted by atomic mass is 32.2. The number of nitrogens with one attached hydrogen (secondary N) is 2. The summed E-state index contributed by atoms with van der Waals surface area (Å²) in [5.41, 5.74) is 2.29. The van der Waals surface area contributed by atoms with Crippen molar-refractivity contribution >= 4 is 55.0 Å². The predicted molar refractivity (Wildman–Crippen MR) is 147 cm³/mol. The molecule has 3 amide bonds. The second-order valence-corrected chi connectivity index (χ2v) is 12.8. The van der Waals surface area contributed by atoms with E-state index in [4.69, 9.17) is 4.74 Å². The second kappa shape index (κ2) is 12.0. The summed E-state index contributed by atoms with van der Waals surface area (Å²) in [6.07, 6.45) is -5.35. The Morgan fingerprint density at radius 2 is 1.85 bits per heavy atom. The molecule has 41 heavy (non-hydrogen) atoms. The lowest BCUT2D eigenvalue weighted by atomic mass is 10.0. The van der Waals surface area contributed by atoms with Crippen molar-refractivity contribution in [2.24, 2.45) is 0 Å². The van der Waals surface area contributed by atoms with Crippen LogP contribution in [0, 0.1) is 0 Å². The van der Waals surface area contributed by atoms with Gasteiger partial charge in [0.15, 0.2) is 15.1 Å². The lowest BCUT2D eigenvalue weighted by Gasteiger charge is -2.16. The van der Waals surface area contributed by atoms with Gasteiger partial charge in [-0.15, -0.1) is 11.3 Å². The maximum absolute atomic E-state index is 13.1. The normalized spacial score (nSPS) is 14.4. The molecule has 2 N–H and O–H groups in total. The third kappa shape index (κ3) is 7.73. The zero-order valence-corrected chi connectivity index (χ0v) is 23.7. The van der Waals surface area contributed by atoms with Gasteiger partial charge in [0.25, 0.3) is 0 Å². The summed E-state index contributed by atoms with van der Waals surface area (Å²) in [6.45, 7) is -0.522. The Kier molecular flexibility index (Phi) is 8.87. The molecule has 10 nitrogen and oxygen atoms in total. The molecule has 0 saturated heterocycles. The number of benzene rings is 2. The fourth-order valence-electron chi connectivity index (χ4n) is 3.94. The van der Waals surface area contributed by atoms with Crippen molar-refractivity contribution in [1.29, 1.82) is 0 Å². The molecule has 1 aromatic heterocycles. The molecule has 0 aliphatic heterocycles. The number of nitrogens with zero attached hydrogens (tertiary/aromatic N) is 2. The molecule has 1 aliphatic carbocycles. The highest BCUT2D eigenvalue weighted by Crippen LogP contribution is 2.35. The fraction of sp³-hybridized carbons (Fsp3) is 0.385. The largest absolute Gasteiger partial charge is 0.452 e. The van der Waals surface area contributed by atoms with Crippen LogP contribution < -0.4 is 15.5 Å². The number of sulfone groups is 1. The minimum absolute atomic E-state index is 0.00531. The van der Waals surface area contributed by atoms with Gasteiger partial charge in [0.1, 0.15) is 5.01 Å². The topological polar surface area (TPSA) is 135 Å². The number of fused-ring (bicyclic) bond motifs is 1.